The Bertz CT molecular complexity index is 413. The van der Waals surface area contributed by atoms with Crippen LogP contribution in [0.25, 0.3) is 5.69 Å². The van der Waals surface area contributed by atoms with E-state index in [2.05, 4.69) is 10.1 Å². The minimum Gasteiger partial charge on any atom is -0.241 e. The SMILES string of the molecule is Fc1c(-n2cccn2)ccnc1Cl. The van der Waals surface area contributed by atoms with Crippen molar-refractivity contribution in [1.82, 2.24) is 14.8 Å². The summed E-state index contributed by atoms with van der Waals surface area (Å²) in [5, 5.41) is 3.73. The van der Waals surface area contributed by atoms with Gasteiger partial charge in [0.1, 0.15) is 5.69 Å². The van der Waals surface area contributed by atoms with E-state index < -0.39 is 5.82 Å². The summed E-state index contributed by atoms with van der Waals surface area (Å²) in [5.41, 5.74) is 0.296. The summed E-state index contributed by atoms with van der Waals surface area (Å²) >= 11 is 5.50. The summed E-state index contributed by atoms with van der Waals surface area (Å²) in [7, 11) is 0. The van der Waals surface area contributed by atoms with Gasteiger partial charge >= 0.3 is 0 Å². The van der Waals surface area contributed by atoms with Crippen LogP contribution in [0.2, 0.25) is 5.15 Å². The Morgan fingerprint density at radius 1 is 1.38 bits per heavy atom. The Morgan fingerprint density at radius 3 is 2.92 bits per heavy atom. The molecule has 0 atom stereocenters. The molecule has 2 heterocycles. The van der Waals surface area contributed by atoms with Gasteiger partial charge in [0.2, 0.25) is 0 Å². The standard InChI is InChI=1S/C8H5ClFN3/c9-8-7(10)6(2-4-11-8)13-5-1-3-12-13/h1-5H. The largest absolute Gasteiger partial charge is 0.241 e. The normalized spacial score (nSPS) is 10.3. The van der Waals surface area contributed by atoms with E-state index >= 15 is 0 Å². The molecule has 0 saturated heterocycles. The topological polar surface area (TPSA) is 30.7 Å². The number of hydrogen-bond donors (Lipinski definition) is 0. The van der Waals surface area contributed by atoms with Crippen LogP contribution in [0.15, 0.2) is 30.7 Å². The second-order valence-corrected chi connectivity index (χ2v) is 2.74. The molecule has 5 heteroatoms. The first-order valence-corrected chi connectivity index (χ1v) is 3.97. The predicted octanol–water partition coefficient (Wildman–Crippen LogP) is 2.06. The maximum absolute atomic E-state index is 13.3. The highest BCUT2D eigenvalue weighted by molar-refractivity contribution is 6.29. The van der Waals surface area contributed by atoms with Crippen LogP contribution in [-0.4, -0.2) is 14.8 Å². The Hall–Kier alpha value is -1.42. The van der Waals surface area contributed by atoms with Crippen molar-refractivity contribution in [3.8, 4) is 5.69 Å². The van der Waals surface area contributed by atoms with Crippen molar-refractivity contribution in [2.75, 3.05) is 0 Å². The fourth-order valence-corrected chi connectivity index (χ4v) is 1.15. The molecule has 3 nitrogen and oxygen atoms in total. The molecule has 0 N–H and O–H groups in total. The summed E-state index contributed by atoms with van der Waals surface area (Å²) < 4.78 is 14.7. The minimum absolute atomic E-state index is 0.145. The van der Waals surface area contributed by atoms with E-state index in [1.807, 2.05) is 0 Å². The lowest BCUT2D eigenvalue weighted by molar-refractivity contribution is 0.605. The molecule has 2 aromatic rings. The zero-order valence-electron chi connectivity index (χ0n) is 6.48. The second-order valence-electron chi connectivity index (χ2n) is 2.39. The van der Waals surface area contributed by atoms with Crippen molar-refractivity contribution in [2.24, 2.45) is 0 Å². The van der Waals surface area contributed by atoms with E-state index in [0.717, 1.165) is 0 Å². The average Bonchev–Trinajstić information content (AvgIpc) is 2.62. The van der Waals surface area contributed by atoms with Crippen molar-refractivity contribution < 1.29 is 4.39 Å². The van der Waals surface area contributed by atoms with Crippen LogP contribution in [0.5, 0.6) is 0 Å². The summed E-state index contributed by atoms with van der Waals surface area (Å²) in [6.45, 7) is 0. The molecular formula is C8H5ClFN3. The molecule has 13 heavy (non-hydrogen) atoms. The molecule has 0 radical (unpaired) electrons. The van der Waals surface area contributed by atoms with E-state index in [4.69, 9.17) is 11.6 Å². The van der Waals surface area contributed by atoms with Gasteiger partial charge in [0.25, 0.3) is 0 Å². The molecule has 0 saturated carbocycles. The molecule has 0 fully saturated rings. The van der Waals surface area contributed by atoms with Crippen LogP contribution in [0.1, 0.15) is 0 Å². The van der Waals surface area contributed by atoms with Gasteiger partial charge in [-0.3, -0.25) is 0 Å². The van der Waals surface area contributed by atoms with Gasteiger partial charge in [-0.2, -0.15) is 5.10 Å². The number of halogens is 2. The molecule has 2 aromatic heterocycles. The summed E-state index contributed by atoms with van der Waals surface area (Å²) in [5.74, 6) is -0.562. The molecule has 0 unspecified atom stereocenters. The lowest BCUT2D eigenvalue weighted by Crippen LogP contribution is -1.99. The Morgan fingerprint density at radius 2 is 2.23 bits per heavy atom. The van der Waals surface area contributed by atoms with Crippen LogP contribution in [0, 0.1) is 5.82 Å². The van der Waals surface area contributed by atoms with Gasteiger partial charge in [-0.25, -0.2) is 14.1 Å². The summed E-state index contributed by atoms with van der Waals surface area (Å²) in [6.07, 6.45) is 4.63. The minimum atomic E-state index is -0.562. The van der Waals surface area contributed by atoms with E-state index in [1.54, 1.807) is 18.5 Å². The highest BCUT2D eigenvalue weighted by Crippen LogP contribution is 2.17. The van der Waals surface area contributed by atoms with Crippen LogP contribution in [0.4, 0.5) is 4.39 Å². The maximum Gasteiger partial charge on any atom is 0.186 e. The Kier molecular flexibility index (Phi) is 1.98. The Labute approximate surface area is 78.8 Å². The van der Waals surface area contributed by atoms with Crippen LogP contribution in [-0.2, 0) is 0 Å². The molecule has 2 rings (SSSR count). The maximum atomic E-state index is 13.3. The van der Waals surface area contributed by atoms with Crippen molar-refractivity contribution in [1.29, 1.82) is 0 Å². The molecule has 0 aromatic carbocycles. The van der Waals surface area contributed by atoms with Gasteiger partial charge < -0.3 is 0 Å². The van der Waals surface area contributed by atoms with Crippen LogP contribution in [0.3, 0.4) is 0 Å². The zero-order valence-corrected chi connectivity index (χ0v) is 7.24. The molecule has 0 aliphatic rings. The first kappa shape index (κ1) is 8.19. The first-order chi connectivity index (χ1) is 6.29. The third-order valence-electron chi connectivity index (χ3n) is 1.58. The van der Waals surface area contributed by atoms with Gasteiger partial charge in [-0.05, 0) is 12.1 Å². The summed E-state index contributed by atoms with van der Waals surface area (Å²) in [6, 6.07) is 3.21. The molecule has 0 aliphatic carbocycles. The number of hydrogen-bond acceptors (Lipinski definition) is 2. The van der Waals surface area contributed by atoms with E-state index in [9.17, 15) is 4.39 Å². The summed E-state index contributed by atoms with van der Waals surface area (Å²) in [4.78, 5) is 3.60. The molecule has 0 bridgehead atoms. The van der Waals surface area contributed by atoms with Crippen LogP contribution < -0.4 is 0 Å². The first-order valence-electron chi connectivity index (χ1n) is 3.59. The number of aromatic nitrogens is 3. The number of pyridine rings is 1. The van der Waals surface area contributed by atoms with E-state index in [1.165, 1.54) is 16.9 Å². The fraction of sp³-hybridized carbons (Fsp3) is 0. The molecule has 0 spiro atoms. The molecule has 66 valence electrons. The second kappa shape index (κ2) is 3.14. The van der Waals surface area contributed by atoms with Crippen molar-refractivity contribution >= 4 is 11.6 Å². The average molecular weight is 198 g/mol. The van der Waals surface area contributed by atoms with E-state index in [0.29, 0.717) is 5.69 Å². The van der Waals surface area contributed by atoms with Gasteiger partial charge in [0.05, 0.1) is 0 Å². The number of nitrogens with zero attached hydrogens (tertiary/aromatic N) is 3. The van der Waals surface area contributed by atoms with Crippen molar-refractivity contribution in [3.63, 3.8) is 0 Å². The van der Waals surface area contributed by atoms with Crippen molar-refractivity contribution in [3.05, 3.63) is 41.7 Å². The quantitative estimate of drug-likeness (QED) is 0.656. The van der Waals surface area contributed by atoms with Crippen LogP contribution >= 0.6 is 11.6 Å². The Balaban J connectivity index is 2.59. The zero-order chi connectivity index (χ0) is 9.26. The molecule has 0 amide bonds. The highest BCUT2D eigenvalue weighted by atomic mass is 35.5. The molecule has 0 aliphatic heterocycles. The number of rotatable bonds is 1. The van der Waals surface area contributed by atoms with Gasteiger partial charge in [0.15, 0.2) is 11.0 Å². The monoisotopic (exact) mass is 197 g/mol. The fourth-order valence-electron chi connectivity index (χ4n) is 0.997. The molecular weight excluding hydrogens is 193 g/mol. The van der Waals surface area contributed by atoms with Gasteiger partial charge in [-0.1, -0.05) is 11.6 Å². The highest BCUT2D eigenvalue weighted by Gasteiger charge is 2.08. The third kappa shape index (κ3) is 1.40. The van der Waals surface area contributed by atoms with Gasteiger partial charge in [0, 0.05) is 18.6 Å². The smallest absolute Gasteiger partial charge is 0.186 e. The van der Waals surface area contributed by atoms with E-state index in [-0.39, 0.29) is 5.15 Å². The lowest BCUT2D eigenvalue weighted by Gasteiger charge is -2.02. The lowest BCUT2D eigenvalue weighted by atomic mass is 10.4. The van der Waals surface area contributed by atoms with Gasteiger partial charge in [-0.15, -0.1) is 0 Å². The predicted molar refractivity (Wildman–Crippen MR) is 46.3 cm³/mol. The van der Waals surface area contributed by atoms with Crippen molar-refractivity contribution in [2.45, 2.75) is 0 Å². The third-order valence-corrected chi connectivity index (χ3v) is 1.84.